The van der Waals surface area contributed by atoms with Crippen LogP contribution in [-0.4, -0.2) is 55.4 Å². The molecule has 1 saturated heterocycles. The minimum atomic E-state index is -3.28. The first kappa shape index (κ1) is 19.5. The lowest BCUT2D eigenvalue weighted by molar-refractivity contribution is 0.0985. The molecule has 0 amide bonds. The molecule has 2 fully saturated rings. The number of anilines is 1. The molecule has 7 nitrogen and oxygen atoms in total. The van der Waals surface area contributed by atoms with Crippen LogP contribution in [-0.2, 0) is 19.3 Å². The van der Waals surface area contributed by atoms with Gasteiger partial charge in [-0.1, -0.05) is 12.1 Å². The Labute approximate surface area is 176 Å². The third kappa shape index (κ3) is 3.09. The average Bonchev–Trinajstić information content (AvgIpc) is 3.44. The lowest BCUT2D eigenvalue weighted by Gasteiger charge is -2.34. The van der Waals surface area contributed by atoms with Gasteiger partial charge in [-0.3, -0.25) is 0 Å². The Balaban J connectivity index is 1.72. The van der Waals surface area contributed by atoms with Crippen molar-refractivity contribution in [1.82, 2.24) is 15.0 Å². The molecular formula is C22H26N4O3S. The smallest absolute Gasteiger partial charge is 0.162 e. The van der Waals surface area contributed by atoms with E-state index in [9.17, 15) is 8.42 Å². The van der Waals surface area contributed by atoms with Crippen LogP contribution in [0.15, 0.2) is 30.3 Å². The van der Waals surface area contributed by atoms with Crippen LogP contribution < -0.4 is 4.90 Å². The number of aromatic nitrogens is 3. The number of aryl methyl sites for hydroxylation is 1. The number of aromatic amines is 1. The first-order valence-electron chi connectivity index (χ1n) is 10.3. The Kier molecular flexibility index (Phi) is 4.41. The highest BCUT2D eigenvalue weighted by atomic mass is 32.2. The molecule has 1 atom stereocenters. The second-order valence-corrected chi connectivity index (χ2v) is 10.9. The van der Waals surface area contributed by atoms with Crippen LogP contribution in [0.1, 0.15) is 31.2 Å². The fourth-order valence-electron chi connectivity index (χ4n) is 4.42. The summed E-state index contributed by atoms with van der Waals surface area (Å²) < 4.78 is 30.0. The fourth-order valence-corrected chi connectivity index (χ4v) is 5.75. The highest BCUT2D eigenvalue weighted by molar-refractivity contribution is 7.91. The van der Waals surface area contributed by atoms with Crippen molar-refractivity contribution >= 4 is 26.6 Å². The van der Waals surface area contributed by atoms with Crippen molar-refractivity contribution < 1.29 is 13.2 Å². The van der Waals surface area contributed by atoms with E-state index in [1.165, 1.54) is 6.26 Å². The van der Waals surface area contributed by atoms with E-state index in [0.29, 0.717) is 37.6 Å². The molecule has 0 spiro atoms. The number of rotatable bonds is 4. The van der Waals surface area contributed by atoms with Gasteiger partial charge in [0.15, 0.2) is 15.7 Å². The van der Waals surface area contributed by atoms with E-state index in [1.807, 2.05) is 31.2 Å². The van der Waals surface area contributed by atoms with Crippen molar-refractivity contribution in [1.29, 1.82) is 0 Å². The summed E-state index contributed by atoms with van der Waals surface area (Å²) in [4.78, 5) is 15.3. The van der Waals surface area contributed by atoms with Gasteiger partial charge in [-0.05, 0) is 38.8 Å². The molecule has 8 heteroatoms. The van der Waals surface area contributed by atoms with Gasteiger partial charge in [0.1, 0.15) is 10.6 Å². The van der Waals surface area contributed by atoms with Gasteiger partial charge in [0.2, 0.25) is 0 Å². The molecule has 0 radical (unpaired) electrons. The lowest BCUT2D eigenvalue weighted by atomic mass is 10.1. The van der Waals surface area contributed by atoms with Crippen LogP contribution in [0, 0.1) is 6.92 Å². The normalized spacial score (nSPS) is 21.2. The molecule has 0 bridgehead atoms. The lowest BCUT2D eigenvalue weighted by Crippen LogP contribution is -2.44. The number of benzene rings is 1. The Morgan fingerprint density at radius 3 is 2.73 bits per heavy atom. The Hall–Kier alpha value is -2.45. The highest BCUT2D eigenvalue weighted by Crippen LogP contribution is 2.52. The molecule has 3 heterocycles. The number of fused-ring (bicyclic) bond motifs is 1. The van der Waals surface area contributed by atoms with Gasteiger partial charge in [-0.2, -0.15) is 0 Å². The number of ether oxygens (including phenoxy) is 1. The van der Waals surface area contributed by atoms with Crippen LogP contribution in [0.25, 0.3) is 22.3 Å². The first-order chi connectivity index (χ1) is 14.3. The summed E-state index contributed by atoms with van der Waals surface area (Å²) >= 11 is 0. The van der Waals surface area contributed by atoms with E-state index in [-0.39, 0.29) is 6.04 Å². The SMILES string of the molecule is Cc1cc2c(-c3nc(N4CCOC[C@H]4C)cc(C4(S(C)(=O)=O)CC4)n3)cccc2[nH]1. The topological polar surface area (TPSA) is 88.2 Å². The molecule has 2 aliphatic rings. The van der Waals surface area contributed by atoms with E-state index < -0.39 is 14.6 Å². The molecule has 2 aromatic heterocycles. The standard InChI is InChI=1S/C22H26N4O3S/c1-14-11-17-16(5-4-6-18(17)23-14)21-24-19(22(7-8-22)30(3,27)28)12-20(25-21)26-9-10-29-13-15(26)2/h4-6,11-12,15,23H,7-10,13H2,1-3H3/t15-/m1/s1. The van der Waals surface area contributed by atoms with Gasteiger partial charge in [0.25, 0.3) is 0 Å². The molecule has 30 heavy (non-hydrogen) atoms. The zero-order valence-electron chi connectivity index (χ0n) is 17.5. The third-order valence-corrected chi connectivity index (χ3v) is 8.33. The highest BCUT2D eigenvalue weighted by Gasteiger charge is 2.55. The van der Waals surface area contributed by atoms with E-state index >= 15 is 0 Å². The van der Waals surface area contributed by atoms with Crippen molar-refractivity contribution in [3.8, 4) is 11.4 Å². The summed E-state index contributed by atoms with van der Waals surface area (Å²) in [5.41, 5.74) is 3.59. The molecular weight excluding hydrogens is 400 g/mol. The summed E-state index contributed by atoms with van der Waals surface area (Å²) in [6.45, 7) is 6.09. The molecule has 1 aromatic carbocycles. The van der Waals surface area contributed by atoms with Crippen molar-refractivity contribution in [2.24, 2.45) is 0 Å². The number of hydrogen-bond acceptors (Lipinski definition) is 6. The largest absolute Gasteiger partial charge is 0.377 e. The van der Waals surface area contributed by atoms with Crippen LogP contribution >= 0.6 is 0 Å². The van der Waals surface area contributed by atoms with Gasteiger partial charge in [-0.15, -0.1) is 0 Å². The summed E-state index contributed by atoms with van der Waals surface area (Å²) in [6, 6.07) is 10.1. The Morgan fingerprint density at radius 2 is 2.03 bits per heavy atom. The molecule has 1 aliphatic carbocycles. The van der Waals surface area contributed by atoms with E-state index in [2.05, 4.69) is 22.9 Å². The zero-order valence-corrected chi connectivity index (χ0v) is 18.3. The molecule has 5 rings (SSSR count). The summed E-state index contributed by atoms with van der Waals surface area (Å²) in [6.07, 6.45) is 2.52. The quantitative estimate of drug-likeness (QED) is 0.689. The molecule has 158 valence electrons. The molecule has 1 aliphatic heterocycles. The second kappa shape index (κ2) is 6.78. The first-order valence-corrected chi connectivity index (χ1v) is 12.2. The third-order valence-electron chi connectivity index (χ3n) is 6.29. The minimum absolute atomic E-state index is 0.160. The fraction of sp³-hybridized carbons (Fsp3) is 0.455. The number of hydrogen-bond donors (Lipinski definition) is 1. The zero-order chi connectivity index (χ0) is 21.1. The Bertz CT molecular complexity index is 1230. The van der Waals surface area contributed by atoms with Crippen LogP contribution in [0.5, 0.6) is 0 Å². The van der Waals surface area contributed by atoms with Gasteiger partial charge in [0, 0.05) is 41.0 Å². The number of H-pyrrole nitrogens is 1. The number of nitrogens with zero attached hydrogens (tertiary/aromatic N) is 3. The van der Waals surface area contributed by atoms with E-state index in [0.717, 1.165) is 34.5 Å². The number of morpholine rings is 1. The summed E-state index contributed by atoms with van der Waals surface area (Å²) in [5.74, 6) is 1.34. The molecule has 0 unspecified atom stereocenters. The summed E-state index contributed by atoms with van der Waals surface area (Å²) in [5, 5.41) is 1.04. The molecule has 3 aromatic rings. The Morgan fingerprint density at radius 1 is 1.23 bits per heavy atom. The van der Waals surface area contributed by atoms with Gasteiger partial charge in [-0.25, -0.2) is 18.4 Å². The molecule has 1 N–H and O–H groups in total. The van der Waals surface area contributed by atoms with Crippen LogP contribution in [0.3, 0.4) is 0 Å². The summed E-state index contributed by atoms with van der Waals surface area (Å²) in [7, 11) is -3.28. The van der Waals surface area contributed by atoms with Gasteiger partial charge in [0.05, 0.1) is 24.9 Å². The number of sulfone groups is 1. The van der Waals surface area contributed by atoms with Crippen molar-refractivity contribution in [3.05, 3.63) is 41.7 Å². The molecule has 1 saturated carbocycles. The predicted molar refractivity (Wildman–Crippen MR) is 117 cm³/mol. The van der Waals surface area contributed by atoms with Crippen molar-refractivity contribution in [2.45, 2.75) is 37.5 Å². The predicted octanol–water partition coefficient (Wildman–Crippen LogP) is 3.19. The second-order valence-electron chi connectivity index (χ2n) is 8.54. The maximum Gasteiger partial charge on any atom is 0.162 e. The maximum absolute atomic E-state index is 12.6. The number of nitrogens with one attached hydrogen (secondary N) is 1. The van der Waals surface area contributed by atoms with Crippen LogP contribution in [0.4, 0.5) is 5.82 Å². The average molecular weight is 427 g/mol. The monoisotopic (exact) mass is 426 g/mol. The minimum Gasteiger partial charge on any atom is -0.377 e. The maximum atomic E-state index is 12.6. The van der Waals surface area contributed by atoms with E-state index in [1.54, 1.807) is 0 Å². The van der Waals surface area contributed by atoms with Gasteiger partial charge < -0.3 is 14.6 Å². The van der Waals surface area contributed by atoms with Crippen molar-refractivity contribution in [2.75, 3.05) is 30.9 Å². The van der Waals surface area contributed by atoms with Crippen molar-refractivity contribution in [3.63, 3.8) is 0 Å². The van der Waals surface area contributed by atoms with Gasteiger partial charge >= 0.3 is 0 Å². The van der Waals surface area contributed by atoms with E-state index in [4.69, 9.17) is 14.7 Å². The van der Waals surface area contributed by atoms with Crippen LogP contribution in [0.2, 0.25) is 0 Å².